The van der Waals surface area contributed by atoms with Crippen molar-refractivity contribution in [3.63, 3.8) is 0 Å². The quantitative estimate of drug-likeness (QED) is 0.807. The Bertz CT molecular complexity index is 377. The Morgan fingerprint density at radius 3 is 2.50 bits per heavy atom. The van der Waals surface area contributed by atoms with Crippen molar-refractivity contribution >= 4 is 5.78 Å². The molecule has 1 saturated heterocycles. The lowest BCUT2D eigenvalue weighted by Gasteiger charge is -2.22. The molecule has 1 aliphatic rings. The molecule has 1 N–H and O–H groups in total. The van der Waals surface area contributed by atoms with Crippen LogP contribution >= 0.6 is 0 Å². The lowest BCUT2D eigenvalue weighted by molar-refractivity contribution is 0.0971. The maximum Gasteiger partial charge on any atom is 0.162 e. The van der Waals surface area contributed by atoms with Gasteiger partial charge in [0.05, 0.1) is 0 Å². The summed E-state index contributed by atoms with van der Waals surface area (Å²) >= 11 is 0. The van der Waals surface area contributed by atoms with Crippen LogP contribution in [0.4, 0.5) is 0 Å². The summed E-state index contributed by atoms with van der Waals surface area (Å²) in [5.74, 6) is 1.04. The normalized spacial score (nSPS) is 16.7. The Balaban J connectivity index is 1.82. The zero-order valence-electron chi connectivity index (χ0n) is 11.2. The third-order valence-corrected chi connectivity index (χ3v) is 3.92. The first-order chi connectivity index (χ1) is 8.79. The van der Waals surface area contributed by atoms with E-state index >= 15 is 0 Å². The van der Waals surface area contributed by atoms with Gasteiger partial charge in [-0.2, -0.15) is 0 Å². The van der Waals surface area contributed by atoms with Gasteiger partial charge >= 0.3 is 0 Å². The zero-order valence-corrected chi connectivity index (χ0v) is 11.2. The van der Waals surface area contributed by atoms with Crippen LogP contribution in [0.15, 0.2) is 24.3 Å². The molecule has 0 spiro atoms. The second kappa shape index (κ2) is 6.69. The Morgan fingerprint density at radius 1 is 1.22 bits per heavy atom. The third kappa shape index (κ3) is 3.67. The molecule has 2 heteroatoms. The SMILES string of the molecule is CCc1ccc(C(=O)CCC2CCNCC2)cc1. The van der Waals surface area contributed by atoms with Gasteiger partial charge in [0, 0.05) is 12.0 Å². The van der Waals surface area contributed by atoms with Gasteiger partial charge in [0.2, 0.25) is 0 Å². The third-order valence-electron chi connectivity index (χ3n) is 3.92. The van der Waals surface area contributed by atoms with Crippen molar-refractivity contribution < 1.29 is 4.79 Å². The lowest BCUT2D eigenvalue weighted by atomic mass is 9.91. The van der Waals surface area contributed by atoms with Crippen LogP contribution in [0.25, 0.3) is 0 Å². The summed E-state index contributed by atoms with van der Waals surface area (Å²) in [7, 11) is 0. The summed E-state index contributed by atoms with van der Waals surface area (Å²) < 4.78 is 0. The summed E-state index contributed by atoms with van der Waals surface area (Å²) in [5.41, 5.74) is 2.17. The van der Waals surface area contributed by atoms with Gasteiger partial charge in [-0.3, -0.25) is 4.79 Å². The van der Waals surface area contributed by atoms with Gasteiger partial charge < -0.3 is 5.32 Å². The van der Waals surface area contributed by atoms with Crippen molar-refractivity contribution in [2.45, 2.75) is 39.0 Å². The fourth-order valence-electron chi connectivity index (χ4n) is 2.58. The second-order valence-corrected chi connectivity index (χ2v) is 5.21. The average Bonchev–Trinajstić information content (AvgIpc) is 2.46. The smallest absolute Gasteiger partial charge is 0.162 e. The van der Waals surface area contributed by atoms with Gasteiger partial charge in [-0.25, -0.2) is 0 Å². The molecule has 2 nitrogen and oxygen atoms in total. The highest BCUT2D eigenvalue weighted by Crippen LogP contribution is 2.19. The van der Waals surface area contributed by atoms with Crippen LogP contribution in [0.2, 0.25) is 0 Å². The Kier molecular flexibility index (Phi) is 4.94. The van der Waals surface area contributed by atoms with E-state index in [1.165, 1.54) is 18.4 Å². The van der Waals surface area contributed by atoms with Crippen molar-refractivity contribution in [2.24, 2.45) is 5.92 Å². The largest absolute Gasteiger partial charge is 0.317 e. The van der Waals surface area contributed by atoms with Gasteiger partial charge in [-0.15, -0.1) is 0 Å². The highest BCUT2D eigenvalue weighted by atomic mass is 16.1. The summed E-state index contributed by atoms with van der Waals surface area (Å²) in [6.45, 7) is 4.36. The minimum atomic E-state index is 0.302. The number of piperidine rings is 1. The monoisotopic (exact) mass is 245 g/mol. The minimum Gasteiger partial charge on any atom is -0.317 e. The van der Waals surface area contributed by atoms with Gasteiger partial charge in [0.1, 0.15) is 0 Å². The number of carbonyl (C=O) groups excluding carboxylic acids is 1. The molecule has 0 amide bonds. The first-order valence-electron chi connectivity index (χ1n) is 7.12. The second-order valence-electron chi connectivity index (χ2n) is 5.21. The van der Waals surface area contributed by atoms with Crippen molar-refractivity contribution in [1.82, 2.24) is 5.32 Å². The molecule has 0 unspecified atom stereocenters. The number of rotatable bonds is 5. The Labute approximate surface area is 110 Å². The molecule has 0 radical (unpaired) electrons. The molecule has 2 rings (SSSR count). The fraction of sp³-hybridized carbons (Fsp3) is 0.562. The van der Waals surface area contributed by atoms with Crippen LogP contribution in [-0.2, 0) is 6.42 Å². The van der Waals surface area contributed by atoms with Crippen LogP contribution in [0.5, 0.6) is 0 Å². The molecule has 18 heavy (non-hydrogen) atoms. The molecule has 0 bridgehead atoms. The van der Waals surface area contributed by atoms with Gasteiger partial charge in [0.15, 0.2) is 5.78 Å². The summed E-state index contributed by atoms with van der Waals surface area (Å²) in [4.78, 5) is 12.1. The van der Waals surface area contributed by atoms with Crippen LogP contribution in [0.3, 0.4) is 0 Å². The number of ketones is 1. The minimum absolute atomic E-state index is 0.302. The Morgan fingerprint density at radius 2 is 1.89 bits per heavy atom. The van der Waals surface area contributed by atoms with Crippen molar-refractivity contribution in [1.29, 1.82) is 0 Å². The van der Waals surface area contributed by atoms with Gasteiger partial charge in [-0.1, -0.05) is 31.2 Å². The molecular weight excluding hydrogens is 222 g/mol. The number of benzene rings is 1. The molecular formula is C16H23NO. The summed E-state index contributed by atoms with van der Waals surface area (Å²) in [6.07, 6.45) is 5.24. The van der Waals surface area contributed by atoms with E-state index < -0.39 is 0 Å². The Hall–Kier alpha value is -1.15. The van der Waals surface area contributed by atoms with Crippen molar-refractivity contribution in [3.05, 3.63) is 35.4 Å². The number of hydrogen-bond acceptors (Lipinski definition) is 2. The summed E-state index contributed by atoms with van der Waals surface area (Å²) in [5, 5.41) is 3.36. The van der Waals surface area contributed by atoms with E-state index in [0.717, 1.165) is 37.4 Å². The van der Waals surface area contributed by atoms with E-state index in [4.69, 9.17) is 0 Å². The summed E-state index contributed by atoms with van der Waals surface area (Å²) in [6, 6.07) is 8.09. The van der Waals surface area contributed by atoms with E-state index in [2.05, 4.69) is 24.4 Å². The van der Waals surface area contributed by atoms with Crippen LogP contribution in [0.1, 0.15) is 48.5 Å². The lowest BCUT2D eigenvalue weighted by Crippen LogP contribution is -2.27. The molecule has 1 aromatic rings. The predicted octanol–water partition coefficient (Wildman–Crippen LogP) is 3.21. The maximum atomic E-state index is 12.1. The van der Waals surface area contributed by atoms with E-state index in [1.54, 1.807) is 0 Å². The first kappa shape index (κ1) is 13.3. The maximum absolute atomic E-state index is 12.1. The molecule has 1 fully saturated rings. The van der Waals surface area contributed by atoms with E-state index in [1.807, 2.05) is 12.1 Å². The molecule has 0 aromatic heterocycles. The zero-order chi connectivity index (χ0) is 12.8. The van der Waals surface area contributed by atoms with Gasteiger partial charge in [0.25, 0.3) is 0 Å². The molecule has 1 heterocycles. The standard InChI is InChI=1S/C16H23NO/c1-2-13-3-6-15(7-4-13)16(18)8-5-14-9-11-17-12-10-14/h3-4,6-7,14,17H,2,5,8-12H2,1H3. The molecule has 1 aliphatic heterocycles. The topological polar surface area (TPSA) is 29.1 Å². The van der Waals surface area contributed by atoms with Crippen molar-refractivity contribution in [3.8, 4) is 0 Å². The first-order valence-corrected chi connectivity index (χ1v) is 7.12. The molecule has 0 saturated carbocycles. The van der Waals surface area contributed by atoms with E-state index in [0.29, 0.717) is 12.2 Å². The van der Waals surface area contributed by atoms with Crippen LogP contribution in [-0.4, -0.2) is 18.9 Å². The van der Waals surface area contributed by atoms with E-state index in [9.17, 15) is 4.79 Å². The van der Waals surface area contributed by atoms with Crippen LogP contribution < -0.4 is 5.32 Å². The van der Waals surface area contributed by atoms with Crippen LogP contribution in [0, 0.1) is 5.92 Å². The number of aryl methyl sites for hydroxylation is 1. The molecule has 0 atom stereocenters. The number of hydrogen-bond donors (Lipinski definition) is 1. The fourth-order valence-corrected chi connectivity index (χ4v) is 2.58. The molecule has 0 aliphatic carbocycles. The highest BCUT2D eigenvalue weighted by molar-refractivity contribution is 5.96. The molecule has 1 aromatic carbocycles. The average molecular weight is 245 g/mol. The van der Waals surface area contributed by atoms with Crippen molar-refractivity contribution in [2.75, 3.05) is 13.1 Å². The predicted molar refractivity (Wildman–Crippen MR) is 75.0 cm³/mol. The molecule has 98 valence electrons. The number of Topliss-reactive ketones (excluding diaryl/α,β-unsaturated/α-hetero) is 1. The highest BCUT2D eigenvalue weighted by Gasteiger charge is 2.15. The van der Waals surface area contributed by atoms with Gasteiger partial charge in [-0.05, 0) is 50.3 Å². The number of carbonyl (C=O) groups is 1. The number of nitrogens with one attached hydrogen (secondary N) is 1. The van der Waals surface area contributed by atoms with E-state index in [-0.39, 0.29) is 0 Å².